The molecule has 0 amide bonds. The highest BCUT2D eigenvalue weighted by molar-refractivity contribution is 5.25. The molecule has 2 atom stereocenters. The molecule has 0 heterocycles. The highest BCUT2D eigenvalue weighted by Gasteiger charge is 2.30. The van der Waals surface area contributed by atoms with Gasteiger partial charge in [0.05, 0.1) is 5.56 Å². The largest absolute Gasteiger partial charge is 0.416 e. The van der Waals surface area contributed by atoms with Crippen LogP contribution in [0.25, 0.3) is 0 Å². The molecule has 1 nitrogen and oxygen atoms in total. The minimum Gasteiger partial charge on any atom is -0.328 e. The van der Waals surface area contributed by atoms with Crippen LogP contribution >= 0.6 is 0 Å². The van der Waals surface area contributed by atoms with Crippen molar-refractivity contribution in [3.63, 3.8) is 0 Å². The first-order valence-corrected chi connectivity index (χ1v) is 6.13. The van der Waals surface area contributed by atoms with Crippen LogP contribution in [0.1, 0.15) is 31.9 Å². The molecule has 1 aromatic carbocycles. The van der Waals surface area contributed by atoms with E-state index in [1.54, 1.807) is 12.1 Å². The van der Waals surface area contributed by atoms with E-state index < -0.39 is 11.7 Å². The first-order chi connectivity index (χ1) is 8.21. The Kier molecular flexibility index (Phi) is 4.79. The zero-order valence-electron chi connectivity index (χ0n) is 11.0. The molecule has 0 radical (unpaired) electrons. The lowest BCUT2D eigenvalue weighted by atomic mass is 9.84. The molecule has 0 bridgehead atoms. The fourth-order valence-corrected chi connectivity index (χ4v) is 2.13. The van der Waals surface area contributed by atoms with Gasteiger partial charge in [-0.05, 0) is 42.9 Å². The summed E-state index contributed by atoms with van der Waals surface area (Å²) in [6.45, 7) is 6.10. The standard InChI is InChI=1S/C14H20F3N/c1-9(2)13(10(3)18)8-11-4-6-12(7-5-11)14(15,16)17/h4-7,9-10,13H,8,18H2,1-3H3. The van der Waals surface area contributed by atoms with Gasteiger partial charge in [-0.25, -0.2) is 0 Å². The van der Waals surface area contributed by atoms with Crippen LogP contribution in [-0.4, -0.2) is 6.04 Å². The fraction of sp³-hybridized carbons (Fsp3) is 0.571. The molecule has 102 valence electrons. The van der Waals surface area contributed by atoms with Crippen LogP contribution in [0.3, 0.4) is 0 Å². The third-order valence-electron chi connectivity index (χ3n) is 3.28. The molecule has 0 aliphatic rings. The minimum atomic E-state index is -4.27. The van der Waals surface area contributed by atoms with Crippen molar-refractivity contribution in [3.8, 4) is 0 Å². The Balaban J connectivity index is 2.80. The highest BCUT2D eigenvalue weighted by atomic mass is 19.4. The zero-order valence-corrected chi connectivity index (χ0v) is 11.0. The van der Waals surface area contributed by atoms with Gasteiger partial charge in [0.1, 0.15) is 0 Å². The Bertz CT molecular complexity index is 358. The number of nitrogens with two attached hydrogens (primary N) is 1. The van der Waals surface area contributed by atoms with E-state index in [2.05, 4.69) is 13.8 Å². The van der Waals surface area contributed by atoms with Crippen molar-refractivity contribution in [2.24, 2.45) is 17.6 Å². The van der Waals surface area contributed by atoms with Crippen molar-refractivity contribution in [1.29, 1.82) is 0 Å². The Hall–Kier alpha value is -1.03. The molecular formula is C14H20F3N. The SMILES string of the molecule is CC(C)C(Cc1ccc(C(F)(F)F)cc1)C(C)N. The summed E-state index contributed by atoms with van der Waals surface area (Å²) in [5.41, 5.74) is 6.20. The van der Waals surface area contributed by atoms with Gasteiger partial charge in [-0.2, -0.15) is 13.2 Å². The van der Waals surface area contributed by atoms with Crippen molar-refractivity contribution in [2.75, 3.05) is 0 Å². The maximum Gasteiger partial charge on any atom is 0.416 e. The first-order valence-electron chi connectivity index (χ1n) is 6.13. The molecule has 0 saturated heterocycles. The summed E-state index contributed by atoms with van der Waals surface area (Å²) >= 11 is 0. The minimum absolute atomic E-state index is 0.0345. The van der Waals surface area contributed by atoms with Crippen LogP contribution in [0.5, 0.6) is 0 Å². The predicted molar refractivity (Wildman–Crippen MR) is 67.1 cm³/mol. The van der Waals surface area contributed by atoms with Crippen LogP contribution in [0.2, 0.25) is 0 Å². The van der Waals surface area contributed by atoms with E-state index in [9.17, 15) is 13.2 Å². The molecule has 0 aliphatic heterocycles. The van der Waals surface area contributed by atoms with E-state index in [4.69, 9.17) is 5.73 Å². The Morgan fingerprint density at radius 2 is 1.56 bits per heavy atom. The maximum atomic E-state index is 12.4. The summed E-state index contributed by atoms with van der Waals surface area (Å²) in [6, 6.07) is 5.38. The number of alkyl halides is 3. The second kappa shape index (κ2) is 5.74. The summed E-state index contributed by atoms with van der Waals surface area (Å²) in [4.78, 5) is 0. The van der Waals surface area contributed by atoms with Gasteiger partial charge in [0.15, 0.2) is 0 Å². The van der Waals surface area contributed by atoms with Crippen LogP contribution in [-0.2, 0) is 12.6 Å². The van der Waals surface area contributed by atoms with E-state index in [1.165, 1.54) is 0 Å². The Morgan fingerprint density at radius 3 is 1.89 bits per heavy atom. The normalized spacial score (nSPS) is 15.8. The van der Waals surface area contributed by atoms with Gasteiger partial charge in [0, 0.05) is 6.04 Å². The molecule has 2 N–H and O–H groups in total. The second-order valence-corrected chi connectivity index (χ2v) is 5.17. The summed E-state index contributed by atoms with van der Waals surface area (Å²) in [5, 5.41) is 0. The van der Waals surface area contributed by atoms with Crippen molar-refractivity contribution in [3.05, 3.63) is 35.4 Å². The van der Waals surface area contributed by atoms with Crippen molar-refractivity contribution in [1.82, 2.24) is 0 Å². The Morgan fingerprint density at radius 1 is 1.06 bits per heavy atom. The molecular weight excluding hydrogens is 239 g/mol. The monoisotopic (exact) mass is 259 g/mol. The molecule has 2 unspecified atom stereocenters. The van der Waals surface area contributed by atoms with E-state index in [1.807, 2.05) is 6.92 Å². The molecule has 1 aromatic rings. The lowest BCUT2D eigenvalue weighted by molar-refractivity contribution is -0.137. The molecule has 0 aliphatic carbocycles. The molecule has 0 spiro atoms. The number of hydrogen-bond acceptors (Lipinski definition) is 1. The Labute approximate surface area is 106 Å². The van der Waals surface area contributed by atoms with Gasteiger partial charge >= 0.3 is 6.18 Å². The maximum absolute atomic E-state index is 12.4. The lowest BCUT2D eigenvalue weighted by Gasteiger charge is -2.24. The van der Waals surface area contributed by atoms with Crippen molar-refractivity contribution in [2.45, 2.75) is 39.4 Å². The number of rotatable bonds is 4. The van der Waals surface area contributed by atoms with E-state index in [0.717, 1.165) is 17.7 Å². The van der Waals surface area contributed by atoms with Gasteiger partial charge < -0.3 is 5.73 Å². The quantitative estimate of drug-likeness (QED) is 0.872. The molecule has 1 rings (SSSR count). The van der Waals surface area contributed by atoms with Gasteiger partial charge in [0.25, 0.3) is 0 Å². The highest BCUT2D eigenvalue weighted by Crippen LogP contribution is 2.29. The van der Waals surface area contributed by atoms with Crippen molar-refractivity contribution >= 4 is 0 Å². The summed E-state index contributed by atoms with van der Waals surface area (Å²) in [5.74, 6) is 0.689. The second-order valence-electron chi connectivity index (χ2n) is 5.17. The summed E-state index contributed by atoms with van der Waals surface area (Å²) < 4.78 is 37.3. The van der Waals surface area contributed by atoms with Crippen LogP contribution < -0.4 is 5.73 Å². The van der Waals surface area contributed by atoms with Crippen LogP contribution in [0.4, 0.5) is 13.2 Å². The number of hydrogen-bond donors (Lipinski definition) is 1. The molecule has 0 saturated carbocycles. The van der Waals surface area contributed by atoms with Gasteiger partial charge in [-0.3, -0.25) is 0 Å². The first kappa shape index (κ1) is 15.0. The summed E-state index contributed by atoms with van der Waals surface area (Å²) in [7, 11) is 0. The van der Waals surface area contributed by atoms with Crippen LogP contribution in [0.15, 0.2) is 24.3 Å². The van der Waals surface area contributed by atoms with E-state index in [0.29, 0.717) is 12.3 Å². The van der Waals surface area contributed by atoms with Gasteiger partial charge in [-0.15, -0.1) is 0 Å². The number of halogens is 3. The molecule has 4 heteroatoms. The predicted octanol–water partition coefficient (Wildman–Crippen LogP) is 3.87. The molecule has 18 heavy (non-hydrogen) atoms. The zero-order chi connectivity index (χ0) is 13.9. The lowest BCUT2D eigenvalue weighted by Crippen LogP contribution is -2.32. The van der Waals surface area contributed by atoms with E-state index in [-0.39, 0.29) is 12.0 Å². The topological polar surface area (TPSA) is 26.0 Å². The molecule has 0 aromatic heterocycles. The van der Waals surface area contributed by atoms with E-state index >= 15 is 0 Å². The summed E-state index contributed by atoms with van der Waals surface area (Å²) in [6.07, 6.45) is -3.55. The number of benzene rings is 1. The van der Waals surface area contributed by atoms with Crippen LogP contribution in [0, 0.1) is 11.8 Å². The average molecular weight is 259 g/mol. The molecule has 0 fully saturated rings. The van der Waals surface area contributed by atoms with Gasteiger partial charge in [-0.1, -0.05) is 26.0 Å². The van der Waals surface area contributed by atoms with Gasteiger partial charge in [0.2, 0.25) is 0 Å². The smallest absolute Gasteiger partial charge is 0.328 e. The third kappa shape index (κ3) is 4.02. The third-order valence-corrected chi connectivity index (χ3v) is 3.28. The average Bonchev–Trinajstić information content (AvgIpc) is 2.24. The van der Waals surface area contributed by atoms with Crippen molar-refractivity contribution < 1.29 is 13.2 Å². The fourth-order valence-electron chi connectivity index (χ4n) is 2.13.